The Labute approximate surface area is 96.8 Å². The number of aliphatic hydroxyl groups is 2. The molecule has 0 radical (unpaired) electrons. The van der Waals surface area contributed by atoms with Crippen molar-refractivity contribution in [1.29, 1.82) is 0 Å². The molecule has 0 saturated carbocycles. The van der Waals surface area contributed by atoms with E-state index >= 15 is 0 Å². The summed E-state index contributed by atoms with van der Waals surface area (Å²) in [4.78, 5) is 11.0. The highest BCUT2D eigenvalue weighted by Gasteiger charge is 2.10. The molecule has 5 nitrogen and oxygen atoms in total. The smallest absolute Gasteiger partial charge is 0.308 e. The lowest BCUT2D eigenvalue weighted by atomic mass is 10.2. The topological polar surface area (TPSA) is 78.8 Å². The zero-order valence-electron chi connectivity index (χ0n) is 10.1. The molecule has 3 N–H and O–H groups in total. The van der Waals surface area contributed by atoms with Crippen LogP contribution in [-0.4, -0.2) is 48.1 Å². The van der Waals surface area contributed by atoms with Gasteiger partial charge in [-0.1, -0.05) is 0 Å². The van der Waals surface area contributed by atoms with Crippen molar-refractivity contribution in [1.82, 2.24) is 5.32 Å². The number of ether oxygens (including phenoxy) is 1. The predicted octanol–water partition coefficient (Wildman–Crippen LogP) is 0.0511. The van der Waals surface area contributed by atoms with E-state index in [-0.39, 0.29) is 18.5 Å². The SMILES string of the molecule is CCOC(=O)CC(O)CNCCCC(C)O. The highest BCUT2D eigenvalue weighted by atomic mass is 16.5. The first kappa shape index (κ1) is 15.3. The van der Waals surface area contributed by atoms with Crippen molar-refractivity contribution in [2.45, 2.75) is 45.3 Å². The fourth-order valence-corrected chi connectivity index (χ4v) is 1.28. The molecule has 0 saturated heterocycles. The van der Waals surface area contributed by atoms with E-state index in [9.17, 15) is 9.90 Å². The van der Waals surface area contributed by atoms with Gasteiger partial charge in [-0.25, -0.2) is 0 Å². The van der Waals surface area contributed by atoms with Crippen LogP contribution < -0.4 is 5.32 Å². The molecule has 0 amide bonds. The van der Waals surface area contributed by atoms with E-state index in [1.807, 2.05) is 0 Å². The third-order valence-electron chi connectivity index (χ3n) is 2.06. The number of rotatable bonds is 9. The summed E-state index contributed by atoms with van der Waals surface area (Å²) in [5, 5.41) is 21.5. The quantitative estimate of drug-likeness (QED) is 0.387. The Morgan fingerprint density at radius 1 is 1.44 bits per heavy atom. The van der Waals surface area contributed by atoms with Gasteiger partial charge in [0.2, 0.25) is 0 Å². The van der Waals surface area contributed by atoms with Crippen LogP contribution in [0.15, 0.2) is 0 Å². The Bertz CT molecular complexity index is 185. The lowest BCUT2D eigenvalue weighted by Crippen LogP contribution is -2.30. The van der Waals surface area contributed by atoms with Gasteiger partial charge >= 0.3 is 5.97 Å². The molecule has 0 aliphatic carbocycles. The Morgan fingerprint density at radius 2 is 2.12 bits per heavy atom. The normalized spacial score (nSPS) is 14.5. The first-order chi connectivity index (χ1) is 7.56. The van der Waals surface area contributed by atoms with E-state index in [1.54, 1.807) is 13.8 Å². The third kappa shape index (κ3) is 9.89. The van der Waals surface area contributed by atoms with Gasteiger partial charge in [0.1, 0.15) is 0 Å². The number of hydrogen-bond donors (Lipinski definition) is 3. The lowest BCUT2D eigenvalue weighted by Gasteiger charge is -2.11. The highest BCUT2D eigenvalue weighted by molar-refractivity contribution is 5.69. The van der Waals surface area contributed by atoms with E-state index in [2.05, 4.69) is 5.32 Å². The van der Waals surface area contributed by atoms with Crippen molar-refractivity contribution in [2.24, 2.45) is 0 Å². The maximum absolute atomic E-state index is 11.0. The first-order valence-corrected chi connectivity index (χ1v) is 5.78. The van der Waals surface area contributed by atoms with Gasteiger partial charge in [-0.3, -0.25) is 4.79 Å². The van der Waals surface area contributed by atoms with Gasteiger partial charge in [-0.05, 0) is 33.2 Å². The lowest BCUT2D eigenvalue weighted by molar-refractivity contribution is -0.145. The van der Waals surface area contributed by atoms with E-state index in [0.717, 1.165) is 19.4 Å². The molecule has 0 aromatic rings. The average molecular weight is 233 g/mol. The summed E-state index contributed by atoms with van der Waals surface area (Å²) in [6.45, 7) is 4.92. The minimum atomic E-state index is -0.703. The second-order valence-corrected chi connectivity index (χ2v) is 3.86. The van der Waals surface area contributed by atoms with Crippen molar-refractivity contribution in [3.8, 4) is 0 Å². The Hall–Kier alpha value is -0.650. The van der Waals surface area contributed by atoms with Crippen LogP contribution in [0.1, 0.15) is 33.1 Å². The monoisotopic (exact) mass is 233 g/mol. The molecule has 0 heterocycles. The molecular formula is C11H23NO4. The van der Waals surface area contributed by atoms with Gasteiger partial charge in [0.15, 0.2) is 0 Å². The zero-order chi connectivity index (χ0) is 12.4. The number of aliphatic hydroxyl groups excluding tert-OH is 2. The number of esters is 1. The van der Waals surface area contributed by atoms with Crippen molar-refractivity contribution < 1.29 is 19.7 Å². The summed E-state index contributed by atoms with van der Waals surface area (Å²) in [6, 6.07) is 0. The van der Waals surface area contributed by atoms with Gasteiger partial charge in [0.25, 0.3) is 0 Å². The summed E-state index contributed by atoms with van der Waals surface area (Å²) in [6.07, 6.45) is 0.624. The molecule has 2 unspecified atom stereocenters. The Morgan fingerprint density at radius 3 is 2.69 bits per heavy atom. The van der Waals surface area contributed by atoms with Crippen LogP contribution in [0, 0.1) is 0 Å². The largest absolute Gasteiger partial charge is 0.466 e. The summed E-state index contributed by atoms with van der Waals surface area (Å²) in [5.74, 6) is -0.374. The molecule has 5 heteroatoms. The molecule has 2 atom stereocenters. The van der Waals surface area contributed by atoms with Crippen molar-refractivity contribution in [3.05, 3.63) is 0 Å². The van der Waals surface area contributed by atoms with E-state index in [0.29, 0.717) is 13.2 Å². The maximum Gasteiger partial charge on any atom is 0.308 e. The summed E-state index contributed by atoms with van der Waals surface area (Å²) in [5.41, 5.74) is 0. The molecule has 0 spiro atoms. The molecule has 0 rings (SSSR count). The fraction of sp³-hybridized carbons (Fsp3) is 0.909. The predicted molar refractivity (Wildman–Crippen MR) is 61.0 cm³/mol. The summed E-state index contributed by atoms with van der Waals surface area (Å²) >= 11 is 0. The minimum Gasteiger partial charge on any atom is -0.466 e. The van der Waals surface area contributed by atoms with Gasteiger partial charge in [-0.2, -0.15) is 0 Å². The summed E-state index contributed by atoms with van der Waals surface area (Å²) in [7, 11) is 0. The van der Waals surface area contributed by atoms with Gasteiger partial charge < -0.3 is 20.3 Å². The summed E-state index contributed by atoms with van der Waals surface area (Å²) < 4.78 is 4.71. The molecule has 0 fully saturated rings. The number of hydrogen-bond acceptors (Lipinski definition) is 5. The second kappa shape index (κ2) is 9.57. The molecule has 16 heavy (non-hydrogen) atoms. The second-order valence-electron chi connectivity index (χ2n) is 3.86. The van der Waals surface area contributed by atoms with Crippen molar-refractivity contribution >= 4 is 5.97 Å². The molecule has 0 bridgehead atoms. The molecule has 0 aliphatic rings. The molecule has 0 aromatic heterocycles. The fourth-order valence-electron chi connectivity index (χ4n) is 1.28. The molecule has 0 aromatic carbocycles. The van der Waals surface area contributed by atoms with Crippen LogP contribution in [0.2, 0.25) is 0 Å². The van der Waals surface area contributed by atoms with E-state index < -0.39 is 6.10 Å². The molecule has 96 valence electrons. The van der Waals surface area contributed by atoms with Crippen molar-refractivity contribution in [3.63, 3.8) is 0 Å². The highest BCUT2D eigenvalue weighted by Crippen LogP contribution is 1.96. The Kier molecular flexibility index (Phi) is 9.18. The average Bonchev–Trinajstić information content (AvgIpc) is 2.16. The van der Waals surface area contributed by atoms with Gasteiger partial charge in [0.05, 0.1) is 25.2 Å². The maximum atomic E-state index is 11.0. The van der Waals surface area contributed by atoms with E-state index in [4.69, 9.17) is 9.84 Å². The number of nitrogens with one attached hydrogen (secondary N) is 1. The van der Waals surface area contributed by atoms with Crippen molar-refractivity contribution in [2.75, 3.05) is 19.7 Å². The first-order valence-electron chi connectivity index (χ1n) is 5.78. The van der Waals surface area contributed by atoms with Crippen LogP contribution >= 0.6 is 0 Å². The minimum absolute atomic E-state index is 0.0250. The number of carbonyl (C=O) groups is 1. The Balaban J connectivity index is 3.36. The van der Waals surface area contributed by atoms with Gasteiger partial charge in [0, 0.05) is 6.54 Å². The molecule has 0 aliphatic heterocycles. The van der Waals surface area contributed by atoms with Crippen LogP contribution in [-0.2, 0) is 9.53 Å². The third-order valence-corrected chi connectivity index (χ3v) is 2.06. The zero-order valence-corrected chi connectivity index (χ0v) is 10.1. The van der Waals surface area contributed by atoms with E-state index in [1.165, 1.54) is 0 Å². The standard InChI is InChI=1S/C11H23NO4/c1-3-16-11(15)7-10(14)8-12-6-4-5-9(2)13/h9-10,12-14H,3-8H2,1-2H3. The van der Waals surface area contributed by atoms with Gasteiger partial charge in [-0.15, -0.1) is 0 Å². The van der Waals surface area contributed by atoms with Crippen LogP contribution in [0.4, 0.5) is 0 Å². The molecular weight excluding hydrogens is 210 g/mol. The van der Waals surface area contributed by atoms with Crippen LogP contribution in [0.25, 0.3) is 0 Å². The van der Waals surface area contributed by atoms with Crippen LogP contribution in [0.5, 0.6) is 0 Å². The number of carbonyl (C=O) groups excluding carboxylic acids is 1. The van der Waals surface area contributed by atoms with Crippen LogP contribution in [0.3, 0.4) is 0 Å².